The van der Waals surface area contributed by atoms with Gasteiger partial charge in [0.1, 0.15) is 10.8 Å². The Morgan fingerprint density at radius 1 is 1.30 bits per heavy atom. The van der Waals surface area contributed by atoms with Crippen LogP contribution in [0.15, 0.2) is 28.7 Å². The molecule has 2 aromatic rings. The van der Waals surface area contributed by atoms with E-state index >= 15 is 0 Å². The molecule has 2 heterocycles. The normalized spacial score (nSPS) is 11.5. The highest BCUT2D eigenvalue weighted by molar-refractivity contribution is 7.09. The summed E-state index contributed by atoms with van der Waals surface area (Å²) in [6.07, 6.45) is 2.06. The minimum atomic E-state index is -0.0869. The Labute approximate surface area is 164 Å². The van der Waals surface area contributed by atoms with Gasteiger partial charge < -0.3 is 16.0 Å². The van der Waals surface area contributed by atoms with Crippen LogP contribution in [-0.4, -0.2) is 34.9 Å². The van der Waals surface area contributed by atoms with Crippen molar-refractivity contribution < 1.29 is 4.79 Å². The maximum atomic E-state index is 12.0. The van der Waals surface area contributed by atoms with Gasteiger partial charge in [0.15, 0.2) is 5.96 Å². The van der Waals surface area contributed by atoms with Gasteiger partial charge in [0, 0.05) is 31.1 Å². The number of hydrogen-bond donors (Lipinski definition) is 3. The number of anilines is 1. The zero-order valence-electron chi connectivity index (χ0n) is 16.4. The Hall–Kier alpha value is -2.48. The number of nitrogens with one attached hydrogen (secondary N) is 3. The van der Waals surface area contributed by atoms with Crippen LogP contribution in [0.3, 0.4) is 0 Å². The SMILES string of the molecule is CCNC(=NCc1nc(C(C)C)cs1)NCCC(=O)Nc1ccc(C)cn1. The van der Waals surface area contributed by atoms with Gasteiger partial charge in [0.25, 0.3) is 0 Å². The molecule has 7 nitrogen and oxygen atoms in total. The molecule has 0 aromatic carbocycles. The number of carbonyl (C=O) groups is 1. The van der Waals surface area contributed by atoms with E-state index in [0.29, 0.717) is 37.2 Å². The van der Waals surface area contributed by atoms with Gasteiger partial charge in [0.05, 0.1) is 12.2 Å². The fraction of sp³-hybridized carbons (Fsp3) is 0.474. The molecule has 0 bridgehead atoms. The van der Waals surface area contributed by atoms with Crippen LogP contribution < -0.4 is 16.0 Å². The van der Waals surface area contributed by atoms with Gasteiger partial charge in [-0.1, -0.05) is 19.9 Å². The molecule has 0 saturated heterocycles. The van der Waals surface area contributed by atoms with Crippen molar-refractivity contribution in [3.05, 3.63) is 40.0 Å². The lowest BCUT2D eigenvalue weighted by Gasteiger charge is -2.11. The highest BCUT2D eigenvalue weighted by Crippen LogP contribution is 2.18. The summed E-state index contributed by atoms with van der Waals surface area (Å²) in [6.45, 7) is 9.98. The van der Waals surface area contributed by atoms with E-state index in [9.17, 15) is 4.79 Å². The third-order valence-electron chi connectivity index (χ3n) is 3.70. The van der Waals surface area contributed by atoms with Crippen molar-refractivity contribution in [2.45, 2.75) is 46.6 Å². The van der Waals surface area contributed by atoms with Gasteiger partial charge in [0.2, 0.25) is 5.91 Å². The quantitative estimate of drug-likeness (QED) is 0.478. The van der Waals surface area contributed by atoms with Crippen molar-refractivity contribution in [3.63, 3.8) is 0 Å². The lowest BCUT2D eigenvalue weighted by Crippen LogP contribution is -2.38. The summed E-state index contributed by atoms with van der Waals surface area (Å²) in [5.74, 6) is 1.58. The summed E-state index contributed by atoms with van der Waals surface area (Å²) >= 11 is 1.62. The van der Waals surface area contributed by atoms with Crippen LogP contribution in [0.1, 0.15) is 49.4 Å². The van der Waals surface area contributed by atoms with E-state index in [4.69, 9.17) is 0 Å². The maximum Gasteiger partial charge on any atom is 0.227 e. The molecule has 2 rings (SSSR count). The number of thiazole rings is 1. The average molecular weight is 389 g/mol. The average Bonchev–Trinajstić information content (AvgIpc) is 3.11. The van der Waals surface area contributed by atoms with Gasteiger partial charge in [-0.05, 0) is 31.4 Å². The molecule has 0 atom stereocenters. The van der Waals surface area contributed by atoms with Gasteiger partial charge in [-0.2, -0.15) is 0 Å². The van der Waals surface area contributed by atoms with Gasteiger partial charge in [-0.15, -0.1) is 11.3 Å². The molecule has 2 aromatic heterocycles. The number of carbonyl (C=O) groups excluding carboxylic acids is 1. The number of guanidine groups is 1. The van der Waals surface area contributed by atoms with Crippen LogP contribution in [0.2, 0.25) is 0 Å². The molecule has 0 saturated carbocycles. The fourth-order valence-corrected chi connectivity index (χ4v) is 3.07. The second kappa shape index (κ2) is 10.6. The van der Waals surface area contributed by atoms with E-state index in [-0.39, 0.29) is 5.91 Å². The van der Waals surface area contributed by atoms with Gasteiger partial charge in [-0.25, -0.2) is 15.0 Å². The first kappa shape index (κ1) is 20.8. The molecule has 0 aliphatic carbocycles. The minimum Gasteiger partial charge on any atom is -0.357 e. The van der Waals surface area contributed by atoms with Crippen LogP contribution >= 0.6 is 11.3 Å². The van der Waals surface area contributed by atoms with Crippen LogP contribution in [0.5, 0.6) is 0 Å². The molecule has 0 radical (unpaired) electrons. The van der Waals surface area contributed by atoms with Crippen LogP contribution in [0, 0.1) is 6.92 Å². The summed E-state index contributed by atoms with van der Waals surface area (Å²) < 4.78 is 0. The molecular weight excluding hydrogens is 360 g/mol. The molecule has 1 amide bonds. The number of hydrogen-bond acceptors (Lipinski definition) is 5. The third kappa shape index (κ3) is 7.34. The van der Waals surface area contributed by atoms with E-state index in [0.717, 1.165) is 22.8 Å². The fourth-order valence-electron chi connectivity index (χ4n) is 2.19. The molecule has 0 unspecified atom stereocenters. The Morgan fingerprint density at radius 3 is 2.74 bits per heavy atom. The zero-order chi connectivity index (χ0) is 19.6. The van der Waals surface area contributed by atoms with E-state index < -0.39 is 0 Å². The highest BCUT2D eigenvalue weighted by Gasteiger charge is 2.07. The van der Waals surface area contributed by atoms with E-state index in [1.165, 1.54) is 0 Å². The van der Waals surface area contributed by atoms with Crippen molar-refractivity contribution in [3.8, 4) is 0 Å². The van der Waals surface area contributed by atoms with Crippen molar-refractivity contribution in [1.82, 2.24) is 20.6 Å². The molecular formula is C19H28N6OS. The topological polar surface area (TPSA) is 91.3 Å². The number of nitrogens with zero attached hydrogens (tertiary/aromatic N) is 3. The molecule has 146 valence electrons. The summed E-state index contributed by atoms with van der Waals surface area (Å²) in [4.78, 5) is 25.3. The Morgan fingerprint density at radius 2 is 2.11 bits per heavy atom. The van der Waals surface area contributed by atoms with Gasteiger partial charge in [-0.3, -0.25) is 4.79 Å². The monoisotopic (exact) mass is 388 g/mol. The first-order chi connectivity index (χ1) is 13.0. The van der Waals surface area contributed by atoms with Crippen molar-refractivity contribution in [2.75, 3.05) is 18.4 Å². The standard InChI is InChI=1S/C19H28N6OS/c1-5-20-19(23-11-18-24-15(12-27-18)13(2)3)21-9-8-17(26)25-16-7-6-14(4)10-22-16/h6-7,10,12-13H,5,8-9,11H2,1-4H3,(H2,20,21,23)(H,22,25,26). The largest absolute Gasteiger partial charge is 0.357 e. The lowest BCUT2D eigenvalue weighted by atomic mass is 10.2. The predicted octanol–water partition coefficient (Wildman–Crippen LogP) is 3.05. The lowest BCUT2D eigenvalue weighted by molar-refractivity contribution is -0.116. The second-order valence-electron chi connectivity index (χ2n) is 6.46. The van der Waals surface area contributed by atoms with Crippen LogP contribution in [-0.2, 0) is 11.3 Å². The summed E-state index contributed by atoms with van der Waals surface area (Å²) in [7, 11) is 0. The second-order valence-corrected chi connectivity index (χ2v) is 7.40. The summed E-state index contributed by atoms with van der Waals surface area (Å²) in [5.41, 5.74) is 2.16. The molecule has 8 heteroatoms. The van der Waals surface area contributed by atoms with E-state index in [1.807, 2.05) is 19.9 Å². The molecule has 27 heavy (non-hydrogen) atoms. The summed E-state index contributed by atoms with van der Waals surface area (Å²) in [6, 6.07) is 3.71. The smallest absolute Gasteiger partial charge is 0.227 e. The van der Waals surface area contributed by atoms with E-state index in [2.05, 4.69) is 50.1 Å². The number of pyridine rings is 1. The third-order valence-corrected chi connectivity index (χ3v) is 4.55. The number of aromatic nitrogens is 2. The number of aliphatic imine (C=N–C) groups is 1. The Kier molecular flexibility index (Phi) is 8.19. The number of amides is 1. The molecule has 0 fully saturated rings. The van der Waals surface area contributed by atoms with E-state index in [1.54, 1.807) is 23.6 Å². The van der Waals surface area contributed by atoms with Crippen LogP contribution in [0.4, 0.5) is 5.82 Å². The Bertz CT molecular complexity index is 754. The van der Waals surface area contributed by atoms with Crippen molar-refractivity contribution >= 4 is 29.0 Å². The van der Waals surface area contributed by atoms with Gasteiger partial charge >= 0.3 is 0 Å². The number of aryl methyl sites for hydroxylation is 1. The van der Waals surface area contributed by atoms with Crippen molar-refractivity contribution in [2.24, 2.45) is 4.99 Å². The minimum absolute atomic E-state index is 0.0869. The van der Waals surface area contributed by atoms with Crippen LogP contribution in [0.25, 0.3) is 0 Å². The number of rotatable bonds is 8. The first-order valence-electron chi connectivity index (χ1n) is 9.17. The molecule has 0 aliphatic rings. The van der Waals surface area contributed by atoms with Crippen molar-refractivity contribution in [1.29, 1.82) is 0 Å². The maximum absolute atomic E-state index is 12.0. The summed E-state index contributed by atoms with van der Waals surface area (Å²) in [5, 5.41) is 12.2. The first-order valence-corrected chi connectivity index (χ1v) is 10.0. The Balaban J connectivity index is 1.80. The predicted molar refractivity (Wildman–Crippen MR) is 111 cm³/mol. The zero-order valence-corrected chi connectivity index (χ0v) is 17.2. The molecule has 0 spiro atoms. The molecule has 3 N–H and O–H groups in total. The molecule has 0 aliphatic heterocycles. The highest BCUT2D eigenvalue weighted by atomic mass is 32.1.